The third-order valence-electron chi connectivity index (χ3n) is 4.18. The number of hydrogen-bond acceptors (Lipinski definition) is 4. The number of carbonyl (C=O) groups excluding carboxylic acids is 2. The number of carbonyl (C=O) groups is 2. The normalized spacial score (nSPS) is 11.7. The molecule has 1 heterocycles. The number of aromatic nitrogens is 1. The van der Waals surface area contributed by atoms with Crippen LogP contribution in [-0.2, 0) is 4.74 Å². The molecule has 0 fully saturated rings. The Hall–Kier alpha value is -2.69. The van der Waals surface area contributed by atoms with Crippen LogP contribution in [0.2, 0.25) is 10.2 Å². The van der Waals surface area contributed by atoms with E-state index in [0.717, 1.165) is 11.1 Å². The van der Waals surface area contributed by atoms with Crippen molar-refractivity contribution in [3.8, 4) is 0 Å². The number of pyridine rings is 1. The van der Waals surface area contributed by atoms with Crippen LogP contribution < -0.4 is 0 Å². The van der Waals surface area contributed by atoms with Gasteiger partial charge in [-0.1, -0.05) is 82.9 Å². The van der Waals surface area contributed by atoms with Crippen molar-refractivity contribution in [1.29, 1.82) is 0 Å². The molecule has 0 unspecified atom stereocenters. The molecule has 0 radical (unpaired) electrons. The van der Waals surface area contributed by atoms with Crippen LogP contribution in [-0.4, -0.2) is 16.7 Å². The van der Waals surface area contributed by atoms with Gasteiger partial charge in [-0.05, 0) is 26.0 Å². The van der Waals surface area contributed by atoms with E-state index < -0.39 is 12.1 Å². The van der Waals surface area contributed by atoms with Gasteiger partial charge in [0.1, 0.15) is 5.15 Å². The number of esters is 1. The number of rotatable bonds is 5. The van der Waals surface area contributed by atoms with Crippen LogP contribution in [0, 0.1) is 13.8 Å². The van der Waals surface area contributed by atoms with Gasteiger partial charge in [0.05, 0.1) is 5.02 Å². The van der Waals surface area contributed by atoms with Gasteiger partial charge >= 0.3 is 5.97 Å². The topological polar surface area (TPSA) is 56.3 Å². The van der Waals surface area contributed by atoms with Gasteiger partial charge < -0.3 is 4.74 Å². The number of ketones is 1. The van der Waals surface area contributed by atoms with Crippen molar-refractivity contribution in [1.82, 2.24) is 4.98 Å². The highest BCUT2D eigenvalue weighted by Crippen LogP contribution is 2.26. The lowest BCUT2D eigenvalue weighted by molar-refractivity contribution is 0.0274. The van der Waals surface area contributed by atoms with Crippen LogP contribution in [0.1, 0.15) is 43.6 Å². The molecule has 6 heteroatoms. The second kappa shape index (κ2) is 8.55. The molecule has 4 nitrogen and oxygen atoms in total. The zero-order valence-corrected chi connectivity index (χ0v) is 16.8. The lowest BCUT2D eigenvalue weighted by Crippen LogP contribution is -2.21. The standard InChI is InChI=1S/C22H17Cl2NO3/c1-13-3-7-15(8-4-13)20(26)21(16-9-5-14(2)6-10-16)28-22(27)19-17(23)11-12-18(24)25-19/h3-12,21H,1-2H3/t21-/m0/s1. The summed E-state index contributed by atoms with van der Waals surface area (Å²) < 4.78 is 5.55. The van der Waals surface area contributed by atoms with Crippen molar-refractivity contribution < 1.29 is 14.3 Å². The number of benzene rings is 2. The van der Waals surface area contributed by atoms with Gasteiger partial charge in [-0.25, -0.2) is 9.78 Å². The van der Waals surface area contributed by atoms with Crippen molar-refractivity contribution in [2.24, 2.45) is 0 Å². The maximum Gasteiger partial charge on any atom is 0.359 e. The monoisotopic (exact) mass is 413 g/mol. The van der Waals surface area contributed by atoms with Gasteiger partial charge in [-0.15, -0.1) is 0 Å². The summed E-state index contributed by atoms with van der Waals surface area (Å²) in [5, 5.41) is 0.202. The van der Waals surface area contributed by atoms with E-state index in [1.54, 1.807) is 24.3 Å². The average Bonchev–Trinajstić information content (AvgIpc) is 2.68. The van der Waals surface area contributed by atoms with E-state index in [-0.39, 0.29) is 21.7 Å². The van der Waals surface area contributed by atoms with E-state index in [2.05, 4.69) is 4.98 Å². The first-order chi connectivity index (χ1) is 13.3. The molecule has 28 heavy (non-hydrogen) atoms. The zero-order valence-electron chi connectivity index (χ0n) is 15.3. The number of hydrogen-bond donors (Lipinski definition) is 0. The highest BCUT2D eigenvalue weighted by Gasteiger charge is 2.28. The molecular weight excluding hydrogens is 397 g/mol. The van der Waals surface area contributed by atoms with Gasteiger partial charge in [0.25, 0.3) is 0 Å². The Bertz CT molecular complexity index is 1010. The molecule has 1 aromatic heterocycles. The smallest absolute Gasteiger partial charge is 0.359 e. The van der Waals surface area contributed by atoms with E-state index >= 15 is 0 Å². The van der Waals surface area contributed by atoms with Crippen LogP contribution in [0.25, 0.3) is 0 Å². The fourth-order valence-corrected chi connectivity index (χ4v) is 2.94. The number of halogens is 2. The highest BCUT2D eigenvalue weighted by molar-refractivity contribution is 6.34. The van der Waals surface area contributed by atoms with Crippen molar-refractivity contribution in [3.05, 3.63) is 98.8 Å². The highest BCUT2D eigenvalue weighted by atomic mass is 35.5. The quantitative estimate of drug-likeness (QED) is 0.301. The van der Waals surface area contributed by atoms with Gasteiger partial charge in [-0.2, -0.15) is 0 Å². The summed E-state index contributed by atoms with van der Waals surface area (Å²) in [5.41, 5.74) is 2.91. The fraction of sp³-hybridized carbons (Fsp3) is 0.136. The van der Waals surface area contributed by atoms with E-state index in [9.17, 15) is 9.59 Å². The van der Waals surface area contributed by atoms with Gasteiger partial charge in [0.15, 0.2) is 11.8 Å². The lowest BCUT2D eigenvalue weighted by Gasteiger charge is -2.18. The van der Waals surface area contributed by atoms with E-state index in [0.29, 0.717) is 11.1 Å². The molecule has 2 aromatic carbocycles. The number of Topliss-reactive ketones (excluding diaryl/α,β-unsaturated/α-hetero) is 1. The first-order valence-electron chi connectivity index (χ1n) is 8.55. The molecule has 0 saturated carbocycles. The van der Waals surface area contributed by atoms with E-state index in [4.69, 9.17) is 27.9 Å². The van der Waals surface area contributed by atoms with Gasteiger partial charge in [0, 0.05) is 11.1 Å². The zero-order chi connectivity index (χ0) is 20.3. The molecule has 0 aliphatic rings. The molecule has 3 rings (SSSR count). The molecular formula is C22H17Cl2NO3. The third-order valence-corrected chi connectivity index (χ3v) is 4.70. The fourth-order valence-electron chi connectivity index (χ4n) is 2.61. The Morgan fingerprint density at radius 1 is 0.857 bits per heavy atom. The van der Waals surface area contributed by atoms with Crippen LogP contribution in [0.5, 0.6) is 0 Å². The predicted molar refractivity (Wildman–Crippen MR) is 109 cm³/mol. The summed E-state index contributed by atoms with van der Waals surface area (Å²) in [7, 11) is 0. The average molecular weight is 414 g/mol. The predicted octanol–water partition coefficient (Wildman–Crippen LogP) is 5.79. The molecule has 3 aromatic rings. The Kier molecular flexibility index (Phi) is 6.12. The van der Waals surface area contributed by atoms with Crippen molar-refractivity contribution in [2.45, 2.75) is 20.0 Å². The minimum Gasteiger partial charge on any atom is -0.444 e. The summed E-state index contributed by atoms with van der Waals surface area (Å²) >= 11 is 11.9. The number of nitrogens with zero attached hydrogens (tertiary/aromatic N) is 1. The van der Waals surface area contributed by atoms with Crippen LogP contribution >= 0.6 is 23.2 Å². The van der Waals surface area contributed by atoms with Crippen molar-refractivity contribution >= 4 is 35.0 Å². The van der Waals surface area contributed by atoms with E-state index in [1.807, 2.05) is 38.1 Å². The minimum absolute atomic E-state index is 0.0971. The number of ether oxygens (including phenoxy) is 1. The first-order valence-corrected chi connectivity index (χ1v) is 9.31. The Morgan fingerprint density at radius 3 is 2.04 bits per heavy atom. The molecule has 0 aliphatic heterocycles. The summed E-state index contributed by atoms with van der Waals surface area (Å²) in [6.07, 6.45) is -1.13. The molecule has 0 bridgehead atoms. The minimum atomic E-state index is -1.13. The maximum absolute atomic E-state index is 13.1. The lowest BCUT2D eigenvalue weighted by atomic mass is 9.98. The Balaban J connectivity index is 1.97. The van der Waals surface area contributed by atoms with E-state index in [1.165, 1.54) is 12.1 Å². The second-order valence-electron chi connectivity index (χ2n) is 6.39. The molecule has 0 amide bonds. The second-order valence-corrected chi connectivity index (χ2v) is 7.19. The summed E-state index contributed by atoms with van der Waals surface area (Å²) in [5.74, 6) is -1.16. The Labute approximate surface area is 173 Å². The van der Waals surface area contributed by atoms with Crippen molar-refractivity contribution in [3.63, 3.8) is 0 Å². The van der Waals surface area contributed by atoms with Crippen molar-refractivity contribution in [2.75, 3.05) is 0 Å². The summed E-state index contributed by atoms with van der Waals surface area (Å²) in [6.45, 7) is 3.86. The molecule has 0 spiro atoms. The molecule has 0 saturated heterocycles. The Morgan fingerprint density at radius 2 is 1.43 bits per heavy atom. The SMILES string of the molecule is Cc1ccc(C(=O)[C@@H](OC(=O)c2nc(Cl)ccc2Cl)c2ccc(C)cc2)cc1. The molecule has 0 N–H and O–H groups in total. The number of aryl methyl sites for hydroxylation is 2. The van der Waals surface area contributed by atoms with Gasteiger partial charge in [-0.3, -0.25) is 4.79 Å². The largest absolute Gasteiger partial charge is 0.444 e. The third kappa shape index (κ3) is 4.58. The van der Waals surface area contributed by atoms with Crippen LogP contribution in [0.3, 0.4) is 0 Å². The molecule has 1 atom stereocenters. The first kappa shape index (κ1) is 20.1. The maximum atomic E-state index is 13.1. The summed E-state index contributed by atoms with van der Waals surface area (Å²) in [6, 6.07) is 17.2. The van der Waals surface area contributed by atoms with Crippen LogP contribution in [0.4, 0.5) is 0 Å². The van der Waals surface area contributed by atoms with Gasteiger partial charge in [0.2, 0.25) is 5.78 Å². The summed E-state index contributed by atoms with van der Waals surface area (Å²) in [4.78, 5) is 29.7. The molecule has 142 valence electrons. The van der Waals surface area contributed by atoms with Crippen LogP contribution in [0.15, 0.2) is 60.7 Å². The molecule has 0 aliphatic carbocycles.